The summed E-state index contributed by atoms with van der Waals surface area (Å²) < 4.78 is 0. The molecule has 1 aliphatic carbocycles. The SMILES string of the molecule is CC(=O)NNC(=O)C1CCC(O[N+](=O)[O-])CC1. The Labute approximate surface area is 97.8 Å². The van der Waals surface area contributed by atoms with Crippen LogP contribution in [-0.4, -0.2) is 23.0 Å². The molecule has 1 saturated carbocycles. The van der Waals surface area contributed by atoms with E-state index in [2.05, 4.69) is 15.7 Å². The highest BCUT2D eigenvalue weighted by Gasteiger charge is 2.28. The number of nitrogens with zero attached hydrogens (tertiary/aromatic N) is 1. The first-order chi connectivity index (χ1) is 7.99. The van der Waals surface area contributed by atoms with Crippen LogP contribution in [0.2, 0.25) is 0 Å². The molecule has 96 valence electrons. The molecule has 0 saturated heterocycles. The molecule has 8 nitrogen and oxygen atoms in total. The molecule has 0 aromatic rings. The van der Waals surface area contributed by atoms with Gasteiger partial charge >= 0.3 is 0 Å². The summed E-state index contributed by atoms with van der Waals surface area (Å²) in [6.45, 7) is 1.29. The third-order valence-electron chi connectivity index (χ3n) is 2.64. The fraction of sp³-hybridized carbons (Fsp3) is 0.778. The number of carbonyl (C=O) groups is 2. The maximum atomic E-state index is 11.5. The highest BCUT2D eigenvalue weighted by Crippen LogP contribution is 2.26. The van der Waals surface area contributed by atoms with Crippen molar-refractivity contribution < 1.29 is 19.5 Å². The Bertz CT molecular complexity index is 312. The summed E-state index contributed by atoms with van der Waals surface area (Å²) in [5.41, 5.74) is 4.50. The molecule has 0 aromatic heterocycles. The van der Waals surface area contributed by atoms with Gasteiger partial charge in [-0.15, -0.1) is 10.1 Å². The summed E-state index contributed by atoms with van der Waals surface area (Å²) in [7, 11) is 0. The van der Waals surface area contributed by atoms with Crippen LogP contribution in [0.5, 0.6) is 0 Å². The van der Waals surface area contributed by atoms with Gasteiger partial charge in [0.15, 0.2) is 0 Å². The summed E-state index contributed by atoms with van der Waals surface area (Å²) in [5, 5.41) is 9.31. The Kier molecular flexibility index (Phi) is 4.68. The van der Waals surface area contributed by atoms with Gasteiger partial charge in [0.05, 0.1) is 0 Å². The number of hydrogen-bond acceptors (Lipinski definition) is 5. The molecule has 8 heteroatoms. The zero-order valence-corrected chi connectivity index (χ0v) is 9.47. The van der Waals surface area contributed by atoms with Crippen molar-refractivity contribution in [3.8, 4) is 0 Å². The molecule has 0 radical (unpaired) electrons. The molecule has 2 N–H and O–H groups in total. The molecular weight excluding hydrogens is 230 g/mol. The first-order valence-corrected chi connectivity index (χ1v) is 5.36. The monoisotopic (exact) mass is 245 g/mol. The van der Waals surface area contributed by atoms with Gasteiger partial charge in [-0.3, -0.25) is 20.4 Å². The second-order valence-corrected chi connectivity index (χ2v) is 3.97. The average Bonchev–Trinajstić information content (AvgIpc) is 2.26. The van der Waals surface area contributed by atoms with Gasteiger partial charge in [0, 0.05) is 12.8 Å². The van der Waals surface area contributed by atoms with Crippen LogP contribution in [0.1, 0.15) is 32.6 Å². The van der Waals surface area contributed by atoms with Gasteiger partial charge in [0.25, 0.3) is 5.09 Å². The molecule has 0 spiro atoms. The largest absolute Gasteiger partial charge is 0.311 e. The van der Waals surface area contributed by atoms with Crippen LogP contribution >= 0.6 is 0 Å². The van der Waals surface area contributed by atoms with Gasteiger partial charge < -0.3 is 4.84 Å². The van der Waals surface area contributed by atoms with Crippen LogP contribution in [0.15, 0.2) is 0 Å². The Morgan fingerprint density at radius 2 is 1.82 bits per heavy atom. The van der Waals surface area contributed by atoms with Crippen LogP contribution in [-0.2, 0) is 14.4 Å². The van der Waals surface area contributed by atoms with Crippen LogP contribution < -0.4 is 10.9 Å². The van der Waals surface area contributed by atoms with E-state index in [0.717, 1.165) is 0 Å². The van der Waals surface area contributed by atoms with Crippen molar-refractivity contribution in [3.63, 3.8) is 0 Å². The van der Waals surface area contributed by atoms with E-state index < -0.39 is 11.2 Å². The fourth-order valence-electron chi connectivity index (χ4n) is 1.80. The molecule has 0 aliphatic heterocycles. The van der Waals surface area contributed by atoms with Gasteiger partial charge in [-0.1, -0.05) is 0 Å². The fourth-order valence-corrected chi connectivity index (χ4v) is 1.80. The van der Waals surface area contributed by atoms with Crippen molar-refractivity contribution in [3.05, 3.63) is 10.1 Å². The van der Waals surface area contributed by atoms with Gasteiger partial charge in [0.1, 0.15) is 6.10 Å². The summed E-state index contributed by atoms with van der Waals surface area (Å²) in [6, 6.07) is 0. The molecule has 0 unspecified atom stereocenters. The lowest BCUT2D eigenvalue weighted by Crippen LogP contribution is -2.44. The number of amides is 2. The Morgan fingerprint density at radius 3 is 2.29 bits per heavy atom. The maximum absolute atomic E-state index is 11.5. The summed E-state index contributed by atoms with van der Waals surface area (Å²) >= 11 is 0. The van der Waals surface area contributed by atoms with Crippen molar-refractivity contribution in [1.82, 2.24) is 10.9 Å². The molecule has 0 atom stereocenters. The van der Waals surface area contributed by atoms with Crippen molar-refractivity contribution >= 4 is 11.8 Å². The average molecular weight is 245 g/mol. The second kappa shape index (κ2) is 6.02. The standard InChI is InChI=1S/C9H15N3O5/c1-6(13)10-11-9(14)7-2-4-8(5-3-7)17-12(15)16/h7-8H,2-5H2,1H3,(H,10,13)(H,11,14). The van der Waals surface area contributed by atoms with E-state index in [9.17, 15) is 19.7 Å². The molecular formula is C9H15N3O5. The van der Waals surface area contributed by atoms with E-state index in [4.69, 9.17) is 0 Å². The third kappa shape index (κ3) is 4.66. The number of nitrogens with one attached hydrogen (secondary N) is 2. The first kappa shape index (κ1) is 13.2. The molecule has 0 heterocycles. The van der Waals surface area contributed by atoms with E-state index >= 15 is 0 Å². The zero-order chi connectivity index (χ0) is 12.8. The number of hydrogen-bond donors (Lipinski definition) is 2. The normalized spacial score (nSPS) is 23.6. The third-order valence-corrected chi connectivity index (χ3v) is 2.64. The minimum Gasteiger partial charge on any atom is -0.311 e. The summed E-state index contributed by atoms with van der Waals surface area (Å²) in [4.78, 5) is 36.7. The number of rotatable bonds is 3. The van der Waals surface area contributed by atoms with Crippen molar-refractivity contribution in [2.75, 3.05) is 0 Å². The molecule has 0 aromatic carbocycles. The molecule has 1 rings (SSSR count). The van der Waals surface area contributed by atoms with Crippen molar-refractivity contribution in [2.24, 2.45) is 5.92 Å². The quantitative estimate of drug-likeness (QED) is 0.533. The Balaban J connectivity index is 2.28. The number of carbonyl (C=O) groups excluding carboxylic acids is 2. The lowest BCUT2D eigenvalue weighted by molar-refractivity contribution is -0.769. The molecule has 1 aliphatic rings. The highest BCUT2D eigenvalue weighted by atomic mass is 17.0. The Morgan fingerprint density at radius 1 is 1.24 bits per heavy atom. The smallest absolute Gasteiger partial charge is 0.294 e. The van der Waals surface area contributed by atoms with E-state index in [0.29, 0.717) is 25.7 Å². The number of hydrazine groups is 1. The van der Waals surface area contributed by atoms with Gasteiger partial charge in [-0.05, 0) is 25.7 Å². The van der Waals surface area contributed by atoms with E-state index in [1.54, 1.807) is 0 Å². The lowest BCUT2D eigenvalue weighted by atomic mass is 9.87. The molecule has 2 amide bonds. The van der Waals surface area contributed by atoms with Crippen LogP contribution in [0, 0.1) is 16.0 Å². The van der Waals surface area contributed by atoms with Crippen LogP contribution in [0.3, 0.4) is 0 Å². The lowest BCUT2D eigenvalue weighted by Gasteiger charge is -2.26. The van der Waals surface area contributed by atoms with E-state index in [1.807, 2.05) is 0 Å². The predicted molar refractivity (Wildman–Crippen MR) is 55.8 cm³/mol. The van der Waals surface area contributed by atoms with Gasteiger partial charge in [-0.25, -0.2) is 0 Å². The minimum absolute atomic E-state index is 0.228. The van der Waals surface area contributed by atoms with Crippen LogP contribution in [0.25, 0.3) is 0 Å². The second-order valence-electron chi connectivity index (χ2n) is 3.97. The van der Waals surface area contributed by atoms with Crippen LogP contribution in [0.4, 0.5) is 0 Å². The van der Waals surface area contributed by atoms with Crippen molar-refractivity contribution in [1.29, 1.82) is 0 Å². The minimum atomic E-state index is -0.803. The van der Waals surface area contributed by atoms with E-state index in [1.165, 1.54) is 6.92 Å². The maximum Gasteiger partial charge on any atom is 0.294 e. The molecule has 17 heavy (non-hydrogen) atoms. The highest BCUT2D eigenvalue weighted by molar-refractivity contribution is 5.82. The zero-order valence-electron chi connectivity index (χ0n) is 9.47. The summed E-state index contributed by atoms with van der Waals surface area (Å²) in [6.07, 6.45) is 1.56. The van der Waals surface area contributed by atoms with Gasteiger partial charge in [-0.2, -0.15) is 0 Å². The van der Waals surface area contributed by atoms with Crippen molar-refractivity contribution in [2.45, 2.75) is 38.7 Å². The summed E-state index contributed by atoms with van der Waals surface area (Å²) in [5.74, 6) is -0.836. The Hall–Kier alpha value is -1.86. The van der Waals surface area contributed by atoms with E-state index in [-0.39, 0.29) is 17.7 Å². The first-order valence-electron chi connectivity index (χ1n) is 5.36. The molecule has 0 bridgehead atoms. The topological polar surface area (TPSA) is 111 Å². The van der Waals surface area contributed by atoms with Gasteiger partial charge in [0.2, 0.25) is 11.8 Å². The molecule has 1 fully saturated rings. The predicted octanol–water partition coefficient (Wildman–Crippen LogP) is -0.0792.